The van der Waals surface area contributed by atoms with Gasteiger partial charge in [-0.3, -0.25) is 0 Å². The molecule has 2 heterocycles. The van der Waals surface area contributed by atoms with Gasteiger partial charge in [0.15, 0.2) is 5.82 Å². The number of nitrogen functional groups attached to an aromatic ring is 1. The first-order valence-electron chi connectivity index (χ1n) is 5.53. The standard InChI is InChI=1S/C12H16N4S/c1-9(2)16(7-10-4-3-5-17-10)12-11(13)6-14-8-15-12/h3-6,8-9H,7,13H2,1-2H3. The summed E-state index contributed by atoms with van der Waals surface area (Å²) in [5.41, 5.74) is 6.55. The van der Waals surface area contributed by atoms with E-state index in [1.54, 1.807) is 17.5 Å². The van der Waals surface area contributed by atoms with Gasteiger partial charge < -0.3 is 10.6 Å². The zero-order valence-corrected chi connectivity index (χ0v) is 10.8. The van der Waals surface area contributed by atoms with Crippen LogP contribution in [-0.2, 0) is 6.54 Å². The Morgan fingerprint density at radius 3 is 2.88 bits per heavy atom. The van der Waals surface area contributed by atoms with E-state index in [9.17, 15) is 0 Å². The van der Waals surface area contributed by atoms with Crippen molar-refractivity contribution in [2.24, 2.45) is 0 Å². The summed E-state index contributed by atoms with van der Waals surface area (Å²) in [4.78, 5) is 11.7. The highest BCUT2D eigenvalue weighted by Gasteiger charge is 2.15. The third-order valence-corrected chi connectivity index (χ3v) is 3.38. The molecule has 0 amide bonds. The van der Waals surface area contributed by atoms with Crippen molar-refractivity contribution in [3.63, 3.8) is 0 Å². The van der Waals surface area contributed by atoms with Gasteiger partial charge in [0.25, 0.3) is 0 Å². The van der Waals surface area contributed by atoms with Crippen LogP contribution in [0.2, 0.25) is 0 Å². The lowest BCUT2D eigenvalue weighted by Crippen LogP contribution is -2.31. The molecule has 0 spiro atoms. The summed E-state index contributed by atoms with van der Waals surface area (Å²) in [6.45, 7) is 5.10. The maximum absolute atomic E-state index is 5.92. The Labute approximate surface area is 105 Å². The van der Waals surface area contributed by atoms with Gasteiger partial charge in [-0.2, -0.15) is 0 Å². The molecule has 0 bridgehead atoms. The molecule has 0 saturated heterocycles. The number of rotatable bonds is 4. The highest BCUT2D eigenvalue weighted by molar-refractivity contribution is 7.09. The molecule has 0 aliphatic heterocycles. The van der Waals surface area contributed by atoms with Gasteiger partial charge in [-0.1, -0.05) is 6.07 Å². The summed E-state index contributed by atoms with van der Waals surface area (Å²) in [7, 11) is 0. The molecule has 0 aliphatic rings. The van der Waals surface area contributed by atoms with E-state index in [-0.39, 0.29) is 0 Å². The molecule has 2 rings (SSSR count). The molecule has 4 nitrogen and oxygen atoms in total. The zero-order valence-electron chi connectivity index (χ0n) is 10.00. The number of nitrogens with two attached hydrogens (primary N) is 1. The first-order valence-corrected chi connectivity index (χ1v) is 6.41. The van der Waals surface area contributed by atoms with Crippen molar-refractivity contribution in [2.75, 3.05) is 10.6 Å². The normalized spacial score (nSPS) is 10.8. The molecule has 0 fully saturated rings. The van der Waals surface area contributed by atoms with Crippen molar-refractivity contribution < 1.29 is 0 Å². The quantitative estimate of drug-likeness (QED) is 0.903. The van der Waals surface area contributed by atoms with Crippen LogP contribution in [0.1, 0.15) is 18.7 Å². The lowest BCUT2D eigenvalue weighted by molar-refractivity contribution is 0.677. The van der Waals surface area contributed by atoms with Crippen LogP contribution < -0.4 is 10.6 Å². The first-order chi connectivity index (χ1) is 8.18. The second-order valence-electron chi connectivity index (χ2n) is 4.10. The summed E-state index contributed by atoms with van der Waals surface area (Å²) < 4.78 is 0. The summed E-state index contributed by atoms with van der Waals surface area (Å²) in [5, 5.41) is 2.08. The van der Waals surface area contributed by atoms with Crippen LogP contribution in [-0.4, -0.2) is 16.0 Å². The van der Waals surface area contributed by atoms with Crippen molar-refractivity contribution in [2.45, 2.75) is 26.4 Å². The van der Waals surface area contributed by atoms with Gasteiger partial charge in [0.1, 0.15) is 6.33 Å². The fourth-order valence-electron chi connectivity index (χ4n) is 1.65. The fraction of sp³-hybridized carbons (Fsp3) is 0.333. The minimum Gasteiger partial charge on any atom is -0.394 e. The van der Waals surface area contributed by atoms with E-state index < -0.39 is 0 Å². The second-order valence-corrected chi connectivity index (χ2v) is 5.13. The maximum Gasteiger partial charge on any atom is 0.155 e. The van der Waals surface area contributed by atoms with Crippen molar-refractivity contribution in [3.8, 4) is 0 Å². The topological polar surface area (TPSA) is 55.0 Å². The molecule has 0 radical (unpaired) electrons. The maximum atomic E-state index is 5.92. The Morgan fingerprint density at radius 1 is 1.47 bits per heavy atom. The van der Waals surface area contributed by atoms with Crippen LogP contribution in [0.5, 0.6) is 0 Å². The van der Waals surface area contributed by atoms with Gasteiger partial charge in [-0.15, -0.1) is 11.3 Å². The monoisotopic (exact) mass is 248 g/mol. The molecule has 2 N–H and O–H groups in total. The summed E-state index contributed by atoms with van der Waals surface area (Å²) in [6.07, 6.45) is 3.18. The molecule has 17 heavy (non-hydrogen) atoms. The van der Waals surface area contributed by atoms with Gasteiger partial charge in [-0.25, -0.2) is 9.97 Å². The Kier molecular flexibility index (Phi) is 3.58. The Balaban J connectivity index is 2.27. The number of aromatic nitrogens is 2. The van der Waals surface area contributed by atoms with Gasteiger partial charge in [0, 0.05) is 10.9 Å². The van der Waals surface area contributed by atoms with Crippen molar-refractivity contribution in [1.29, 1.82) is 0 Å². The molecule has 0 aromatic carbocycles. The van der Waals surface area contributed by atoms with Gasteiger partial charge >= 0.3 is 0 Å². The minimum absolute atomic E-state index is 0.342. The minimum atomic E-state index is 0.342. The number of anilines is 2. The predicted molar refractivity (Wildman–Crippen MR) is 72.1 cm³/mol. The van der Waals surface area contributed by atoms with Crippen LogP contribution in [0.15, 0.2) is 30.0 Å². The van der Waals surface area contributed by atoms with Gasteiger partial charge in [-0.05, 0) is 25.3 Å². The van der Waals surface area contributed by atoms with E-state index >= 15 is 0 Å². The predicted octanol–water partition coefficient (Wildman–Crippen LogP) is 2.54. The Bertz CT molecular complexity index is 467. The van der Waals surface area contributed by atoms with Crippen LogP contribution >= 0.6 is 11.3 Å². The number of hydrogen-bond acceptors (Lipinski definition) is 5. The van der Waals surface area contributed by atoms with Crippen LogP contribution in [0.3, 0.4) is 0 Å². The fourth-order valence-corrected chi connectivity index (χ4v) is 2.35. The molecule has 90 valence electrons. The molecular formula is C12H16N4S. The number of nitrogens with zero attached hydrogens (tertiary/aromatic N) is 3. The summed E-state index contributed by atoms with van der Waals surface area (Å²) in [6, 6.07) is 4.52. The molecule has 0 saturated carbocycles. The lowest BCUT2D eigenvalue weighted by atomic mass is 10.3. The van der Waals surface area contributed by atoms with E-state index in [2.05, 4.69) is 46.2 Å². The third kappa shape index (κ3) is 2.74. The van der Waals surface area contributed by atoms with E-state index in [0.717, 1.165) is 12.4 Å². The molecule has 2 aromatic rings. The molecule has 0 atom stereocenters. The first kappa shape index (κ1) is 11.9. The van der Waals surface area contributed by atoms with E-state index in [1.807, 2.05) is 0 Å². The molecule has 0 unspecified atom stereocenters. The zero-order chi connectivity index (χ0) is 12.3. The van der Waals surface area contributed by atoms with Crippen LogP contribution in [0.4, 0.5) is 11.5 Å². The van der Waals surface area contributed by atoms with Crippen molar-refractivity contribution in [3.05, 3.63) is 34.9 Å². The largest absolute Gasteiger partial charge is 0.394 e. The molecular weight excluding hydrogens is 232 g/mol. The lowest BCUT2D eigenvalue weighted by Gasteiger charge is -2.28. The SMILES string of the molecule is CC(C)N(Cc1cccs1)c1ncncc1N. The summed E-state index contributed by atoms with van der Waals surface area (Å²) in [5.74, 6) is 0.809. The van der Waals surface area contributed by atoms with E-state index in [4.69, 9.17) is 5.73 Å². The highest BCUT2D eigenvalue weighted by Crippen LogP contribution is 2.24. The van der Waals surface area contributed by atoms with Crippen LogP contribution in [0.25, 0.3) is 0 Å². The third-order valence-electron chi connectivity index (χ3n) is 2.52. The van der Waals surface area contributed by atoms with Crippen molar-refractivity contribution in [1.82, 2.24) is 9.97 Å². The van der Waals surface area contributed by atoms with Gasteiger partial charge in [0.2, 0.25) is 0 Å². The average molecular weight is 248 g/mol. The number of thiophene rings is 1. The second kappa shape index (κ2) is 5.14. The molecule has 2 aromatic heterocycles. The summed E-state index contributed by atoms with van der Waals surface area (Å²) >= 11 is 1.74. The Morgan fingerprint density at radius 2 is 2.29 bits per heavy atom. The number of hydrogen-bond donors (Lipinski definition) is 1. The average Bonchev–Trinajstić information content (AvgIpc) is 2.79. The highest BCUT2D eigenvalue weighted by atomic mass is 32.1. The molecule has 5 heteroatoms. The van der Waals surface area contributed by atoms with E-state index in [1.165, 1.54) is 11.2 Å². The van der Waals surface area contributed by atoms with E-state index in [0.29, 0.717) is 11.7 Å². The van der Waals surface area contributed by atoms with Crippen molar-refractivity contribution >= 4 is 22.8 Å². The van der Waals surface area contributed by atoms with Gasteiger partial charge in [0.05, 0.1) is 18.4 Å². The molecule has 0 aliphatic carbocycles. The smallest absolute Gasteiger partial charge is 0.155 e. The Hall–Kier alpha value is -1.62. The van der Waals surface area contributed by atoms with Crippen LogP contribution in [0, 0.1) is 0 Å².